The molecule has 1 amide bonds. The van der Waals surface area contributed by atoms with Gasteiger partial charge in [0.05, 0.1) is 12.6 Å². The van der Waals surface area contributed by atoms with Gasteiger partial charge in [-0.3, -0.25) is 9.48 Å². The van der Waals surface area contributed by atoms with Gasteiger partial charge in [-0.05, 0) is 42.9 Å². The predicted octanol–water partition coefficient (Wildman–Crippen LogP) is 2.82. The van der Waals surface area contributed by atoms with Gasteiger partial charge in [0, 0.05) is 24.9 Å². The lowest BCUT2D eigenvalue weighted by molar-refractivity contribution is -0.133. The molecule has 0 spiro atoms. The molecule has 2 aromatic rings. The van der Waals surface area contributed by atoms with Gasteiger partial charge in [0.15, 0.2) is 0 Å². The smallest absolute Gasteiger partial charge is 0.226 e. The lowest BCUT2D eigenvalue weighted by Gasteiger charge is -2.25. The minimum atomic E-state index is -0.192. The van der Waals surface area contributed by atoms with Crippen LogP contribution in [0.4, 0.5) is 4.39 Å². The number of carbonyl (C=O) groups is 1. The lowest BCUT2D eigenvalue weighted by atomic mass is 10.1. The third-order valence-corrected chi connectivity index (χ3v) is 5.03. The quantitative estimate of drug-likeness (QED) is 0.870. The van der Waals surface area contributed by atoms with Crippen LogP contribution in [-0.2, 0) is 11.3 Å². The van der Waals surface area contributed by atoms with E-state index in [-0.39, 0.29) is 29.6 Å². The number of rotatable bonds is 4. The standard InChI is InChI=1S/C18H20FN3O/c19-17-7-2-1-6-14(17)15-11-16(15)18(23)22-10-3-5-13(22)12-21-9-4-8-20-21/h1-2,4,6-9,13,15-16H,3,5,10-12H2/t13-,15-,16+/m0/s1. The van der Waals surface area contributed by atoms with E-state index in [0.29, 0.717) is 5.56 Å². The Labute approximate surface area is 134 Å². The Hall–Kier alpha value is -2.17. The van der Waals surface area contributed by atoms with Crippen LogP contribution >= 0.6 is 0 Å². The summed E-state index contributed by atoms with van der Waals surface area (Å²) in [5.74, 6) is -0.00463. The molecule has 4 nitrogen and oxygen atoms in total. The van der Waals surface area contributed by atoms with E-state index >= 15 is 0 Å². The Balaban J connectivity index is 1.44. The van der Waals surface area contributed by atoms with Gasteiger partial charge in [-0.1, -0.05) is 18.2 Å². The van der Waals surface area contributed by atoms with Crippen LogP contribution in [0, 0.1) is 11.7 Å². The molecule has 0 N–H and O–H groups in total. The van der Waals surface area contributed by atoms with Gasteiger partial charge < -0.3 is 4.90 Å². The van der Waals surface area contributed by atoms with Crippen molar-refractivity contribution in [2.24, 2.45) is 5.92 Å². The van der Waals surface area contributed by atoms with E-state index in [1.807, 2.05) is 27.9 Å². The van der Waals surface area contributed by atoms with Crippen molar-refractivity contribution in [2.45, 2.75) is 37.8 Å². The zero-order valence-corrected chi connectivity index (χ0v) is 12.9. The van der Waals surface area contributed by atoms with E-state index in [1.165, 1.54) is 6.07 Å². The number of aromatic nitrogens is 2. The summed E-state index contributed by atoms with van der Waals surface area (Å²) in [7, 11) is 0. The molecule has 120 valence electrons. The second kappa shape index (κ2) is 5.80. The van der Waals surface area contributed by atoms with Crippen molar-refractivity contribution in [3.63, 3.8) is 0 Å². The van der Waals surface area contributed by atoms with Crippen LogP contribution in [0.15, 0.2) is 42.7 Å². The van der Waals surface area contributed by atoms with Crippen molar-refractivity contribution in [1.29, 1.82) is 0 Å². The number of halogens is 1. The molecule has 4 rings (SSSR count). The first-order valence-corrected chi connectivity index (χ1v) is 8.26. The average Bonchev–Trinajstić information content (AvgIpc) is 2.95. The van der Waals surface area contributed by atoms with Crippen LogP contribution in [0.5, 0.6) is 0 Å². The second-order valence-electron chi connectivity index (χ2n) is 6.53. The van der Waals surface area contributed by atoms with E-state index in [0.717, 1.165) is 32.4 Å². The number of carbonyl (C=O) groups excluding carboxylic acids is 1. The van der Waals surface area contributed by atoms with Crippen LogP contribution < -0.4 is 0 Å². The molecule has 23 heavy (non-hydrogen) atoms. The van der Waals surface area contributed by atoms with Crippen molar-refractivity contribution >= 4 is 5.91 Å². The molecule has 0 radical (unpaired) electrons. The van der Waals surface area contributed by atoms with Crippen molar-refractivity contribution in [1.82, 2.24) is 14.7 Å². The van der Waals surface area contributed by atoms with Crippen molar-refractivity contribution in [3.05, 3.63) is 54.1 Å². The van der Waals surface area contributed by atoms with Crippen molar-refractivity contribution in [3.8, 4) is 0 Å². The summed E-state index contributed by atoms with van der Waals surface area (Å²) in [6.07, 6.45) is 6.51. The van der Waals surface area contributed by atoms with Gasteiger partial charge in [-0.15, -0.1) is 0 Å². The summed E-state index contributed by atoms with van der Waals surface area (Å²) in [6, 6.07) is 8.93. The molecule has 0 unspecified atom stereocenters. The van der Waals surface area contributed by atoms with Gasteiger partial charge in [0.1, 0.15) is 5.82 Å². The largest absolute Gasteiger partial charge is 0.338 e. The first kappa shape index (κ1) is 14.4. The molecule has 5 heteroatoms. The summed E-state index contributed by atoms with van der Waals surface area (Å²) >= 11 is 0. The van der Waals surface area contributed by atoms with E-state index in [2.05, 4.69) is 5.10 Å². The molecule has 2 heterocycles. The summed E-state index contributed by atoms with van der Waals surface area (Å²) < 4.78 is 15.8. The summed E-state index contributed by atoms with van der Waals surface area (Å²) in [4.78, 5) is 14.8. The highest BCUT2D eigenvalue weighted by Crippen LogP contribution is 2.49. The van der Waals surface area contributed by atoms with Crippen LogP contribution in [0.3, 0.4) is 0 Å². The van der Waals surface area contributed by atoms with Crippen LogP contribution in [0.25, 0.3) is 0 Å². The Kier molecular flexibility index (Phi) is 3.63. The number of benzene rings is 1. The summed E-state index contributed by atoms with van der Waals surface area (Å²) in [6.45, 7) is 1.56. The fourth-order valence-electron chi connectivity index (χ4n) is 3.74. The van der Waals surface area contributed by atoms with Gasteiger partial charge in [0.25, 0.3) is 0 Å². The highest BCUT2D eigenvalue weighted by atomic mass is 19.1. The van der Waals surface area contributed by atoms with Gasteiger partial charge >= 0.3 is 0 Å². The number of hydrogen-bond acceptors (Lipinski definition) is 2. The zero-order valence-electron chi connectivity index (χ0n) is 12.9. The predicted molar refractivity (Wildman–Crippen MR) is 84.2 cm³/mol. The maximum absolute atomic E-state index is 13.9. The van der Waals surface area contributed by atoms with Crippen LogP contribution in [0.1, 0.15) is 30.7 Å². The van der Waals surface area contributed by atoms with Crippen molar-refractivity contribution in [2.75, 3.05) is 6.54 Å². The molecule has 1 aromatic heterocycles. The Morgan fingerprint density at radius 3 is 2.96 bits per heavy atom. The van der Waals surface area contributed by atoms with Gasteiger partial charge in [-0.2, -0.15) is 5.10 Å². The fourth-order valence-corrected chi connectivity index (χ4v) is 3.74. The maximum atomic E-state index is 13.9. The molecule has 1 aromatic carbocycles. The molecule has 1 aliphatic heterocycles. The lowest BCUT2D eigenvalue weighted by Crippen LogP contribution is -2.39. The zero-order chi connectivity index (χ0) is 15.8. The number of amides is 1. The minimum Gasteiger partial charge on any atom is -0.338 e. The average molecular weight is 313 g/mol. The van der Waals surface area contributed by atoms with Crippen molar-refractivity contribution < 1.29 is 9.18 Å². The van der Waals surface area contributed by atoms with Crippen LogP contribution in [-0.4, -0.2) is 33.2 Å². The fraction of sp³-hybridized carbons (Fsp3) is 0.444. The van der Waals surface area contributed by atoms with E-state index in [1.54, 1.807) is 18.3 Å². The Morgan fingerprint density at radius 1 is 1.30 bits per heavy atom. The molecule has 2 fully saturated rings. The first-order chi connectivity index (χ1) is 11.2. The second-order valence-corrected chi connectivity index (χ2v) is 6.53. The van der Waals surface area contributed by atoms with E-state index in [9.17, 15) is 9.18 Å². The highest BCUT2D eigenvalue weighted by Gasteiger charge is 2.48. The number of likely N-dealkylation sites (tertiary alicyclic amines) is 1. The molecule has 2 aliphatic rings. The third-order valence-electron chi connectivity index (χ3n) is 5.03. The molecule has 1 saturated carbocycles. The normalized spacial score (nSPS) is 26.5. The highest BCUT2D eigenvalue weighted by molar-refractivity contribution is 5.83. The topological polar surface area (TPSA) is 38.1 Å². The Morgan fingerprint density at radius 2 is 2.17 bits per heavy atom. The van der Waals surface area contributed by atoms with E-state index < -0.39 is 0 Å². The number of hydrogen-bond donors (Lipinski definition) is 0. The van der Waals surface area contributed by atoms with Crippen LogP contribution in [0.2, 0.25) is 0 Å². The van der Waals surface area contributed by atoms with Gasteiger partial charge in [0.2, 0.25) is 5.91 Å². The summed E-state index contributed by atoms with van der Waals surface area (Å²) in [5, 5.41) is 4.24. The SMILES string of the molecule is O=C([C@@H]1C[C@H]1c1ccccc1F)N1CCC[C@H]1Cn1cccn1. The Bertz CT molecular complexity index is 700. The molecule has 1 saturated heterocycles. The first-order valence-electron chi connectivity index (χ1n) is 8.26. The summed E-state index contributed by atoms with van der Waals surface area (Å²) in [5.41, 5.74) is 0.689. The molecule has 0 bridgehead atoms. The molecule has 3 atom stereocenters. The molecule has 1 aliphatic carbocycles. The minimum absolute atomic E-state index is 0.0506. The number of nitrogens with zero attached hydrogens (tertiary/aromatic N) is 3. The molecular weight excluding hydrogens is 293 g/mol. The van der Waals surface area contributed by atoms with Gasteiger partial charge in [-0.25, -0.2) is 4.39 Å². The molecular formula is C18H20FN3O. The third kappa shape index (κ3) is 2.76. The maximum Gasteiger partial charge on any atom is 0.226 e. The van der Waals surface area contributed by atoms with E-state index in [4.69, 9.17) is 0 Å². The monoisotopic (exact) mass is 313 g/mol.